The van der Waals surface area contributed by atoms with E-state index in [1.165, 1.54) is 0 Å². The summed E-state index contributed by atoms with van der Waals surface area (Å²) in [7, 11) is 0. The van der Waals surface area contributed by atoms with Crippen molar-refractivity contribution in [3.63, 3.8) is 0 Å². The minimum atomic E-state index is 0.419. The molecular formula is C57H34N8. The summed E-state index contributed by atoms with van der Waals surface area (Å²) in [6.45, 7) is 7.56. The third-order valence-electron chi connectivity index (χ3n) is 11.5. The first-order valence-corrected chi connectivity index (χ1v) is 21.1. The van der Waals surface area contributed by atoms with Crippen molar-refractivity contribution in [3.8, 4) is 90.9 Å². The van der Waals surface area contributed by atoms with Crippen molar-refractivity contribution in [2.24, 2.45) is 0 Å². The van der Waals surface area contributed by atoms with E-state index in [-0.39, 0.29) is 0 Å². The lowest BCUT2D eigenvalue weighted by Crippen LogP contribution is -2.04. The minimum Gasteiger partial charge on any atom is -0.308 e. The highest BCUT2D eigenvalue weighted by atomic mass is 15.1. The number of nitrogens with zero attached hydrogens (tertiary/aromatic N) is 8. The molecule has 0 radical (unpaired) electrons. The van der Waals surface area contributed by atoms with Crippen molar-refractivity contribution >= 4 is 27.5 Å². The second-order valence-electron chi connectivity index (χ2n) is 15.5. The van der Waals surface area contributed by atoms with Gasteiger partial charge in [0, 0.05) is 49.7 Å². The Labute approximate surface area is 374 Å². The van der Waals surface area contributed by atoms with Gasteiger partial charge in [0.25, 0.3) is 0 Å². The summed E-state index contributed by atoms with van der Waals surface area (Å²) in [5, 5.41) is 12.3. The molecule has 3 aromatic heterocycles. The summed E-state index contributed by atoms with van der Waals surface area (Å²) in [5.74, 6) is 2.18. The van der Waals surface area contributed by atoms with E-state index in [2.05, 4.69) is 76.1 Å². The summed E-state index contributed by atoms with van der Waals surface area (Å²) >= 11 is 0. The fraction of sp³-hybridized carbons (Fsp3) is 0. The van der Waals surface area contributed by atoms with Gasteiger partial charge in [0.1, 0.15) is 0 Å². The number of rotatable bonds is 8. The number of nitriles is 1. The van der Waals surface area contributed by atoms with Gasteiger partial charge in [-0.15, -0.1) is 0 Å². The zero-order chi connectivity index (χ0) is 43.7. The molecule has 0 saturated heterocycles. The molecule has 0 aliphatic rings. The first-order valence-electron chi connectivity index (χ1n) is 21.1. The molecule has 0 bridgehead atoms. The van der Waals surface area contributed by atoms with Gasteiger partial charge in [-0.3, -0.25) is 0 Å². The monoisotopic (exact) mass is 830 g/mol. The molecule has 0 saturated carbocycles. The SMILES string of the molecule is [C-]#[N+]c1ccc(-c2ccc3c4ccccc4n(-c4ccc(-c5cc(-c6ccccc6)nc(-c6ccccc6)n5)cc4-c4nc(-c5ccccc5)nc(-c5ccccc5)n4)c3c2)c(C#N)c1. The third kappa shape index (κ3) is 7.23. The van der Waals surface area contributed by atoms with Gasteiger partial charge in [-0.25, -0.2) is 29.8 Å². The molecule has 0 atom stereocenters. The van der Waals surface area contributed by atoms with Crippen LogP contribution < -0.4 is 0 Å². The van der Waals surface area contributed by atoms with Gasteiger partial charge in [-0.2, -0.15) is 5.26 Å². The number of hydrogen-bond donors (Lipinski definition) is 0. The number of hydrogen-bond acceptors (Lipinski definition) is 6. The van der Waals surface area contributed by atoms with Gasteiger partial charge >= 0.3 is 0 Å². The lowest BCUT2D eigenvalue weighted by Gasteiger charge is -2.17. The van der Waals surface area contributed by atoms with E-state index in [1.54, 1.807) is 12.1 Å². The van der Waals surface area contributed by atoms with Gasteiger partial charge in [0.15, 0.2) is 29.0 Å². The van der Waals surface area contributed by atoms with Gasteiger partial charge in [-0.1, -0.05) is 170 Å². The van der Waals surface area contributed by atoms with Crippen LogP contribution in [0.4, 0.5) is 5.69 Å². The maximum absolute atomic E-state index is 10.2. The van der Waals surface area contributed by atoms with Crippen LogP contribution in [-0.4, -0.2) is 29.5 Å². The Balaban J connectivity index is 1.21. The number of fused-ring (bicyclic) bond motifs is 3. The highest BCUT2D eigenvalue weighted by Gasteiger charge is 2.22. The molecule has 8 nitrogen and oxygen atoms in total. The Morgan fingerprint density at radius 2 is 0.923 bits per heavy atom. The number of para-hydroxylation sites is 1. The van der Waals surface area contributed by atoms with Crippen molar-refractivity contribution < 1.29 is 0 Å². The van der Waals surface area contributed by atoms with E-state index < -0.39 is 0 Å². The van der Waals surface area contributed by atoms with Crippen LogP contribution >= 0.6 is 0 Å². The van der Waals surface area contributed by atoms with Crippen LogP contribution in [0.2, 0.25) is 0 Å². The van der Waals surface area contributed by atoms with Crippen LogP contribution in [0.1, 0.15) is 5.56 Å². The molecule has 65 heavy (non-hydrogen) atoms. The van der Waals surface area contributed by atoms with Crippen molar-refractivity contribution in [1.82, 2.24) is 29.5 Å². The molecule has 0 aliphatic heterocycles. The highest BCUT2D eigenvalue weighted by molar-refractivity contribution is 6.11. The molecule has 8 heteroatoms. The Hall–Kier alpha value is -9.37. The number of benzene rings is 8. The van der Waals surface area contributed by atoms with E-state index in [0.717, 1.165) is 83.4 Å². The summed E-state index contributed by atoms with van der Waals surface area (Å²) in [5.41, 5.74) is 12.0. The molecule has 3 heterocycles. The van der Waals surface area contributed by atoms with Crippen molar-refractivity contribution in [2.45, 2.75) is 0 Å². The summed E-state index contributed by atoms with van der Waals surface area (Å²) in [6, 6.07) is 70.8. The largest absolute Gasteiger partial charge is 0.308 e. The molecule has 0 fully saturated rings. The van der Waals surface area contributed by atoms with E-state index in [9.17, 15) is 5.26 Å². The molecule has 0 aliphatic carbocycles. The Morgan fingerprint density at radius 3 is 1.54 bits per heavy atom. The third-order valence-corrected chi connectivity index (χ3v) is 11.5. The van der Waals surface area contributed by atoms with Crippen LogP contribution in [0.15, 0.2) is 206 Å². The molecule has 0 amide bonds. The van der Waals surface area contributed by atoms with Gasteiger partial charge < -0.3 is 4.57 Å². The predicted octanol–water partition coefficient (Wildman–Crippen LogP) is 13.9. The molecule has 0 N–H and O–H groups in total. The smallest absolute Gasteiger partial charge is 0.188 e. The van der Waals surface area contributed by atoms with Crippen molar-refractivity contribution in [2.75, 3.05) is 0 Å². The predicted molar refractivity (Wildman–Crippen MR) is 259 cm³/mol. The lowest BCUT2D eigenvalue weighted by molar-refractivity contribution is 1.06. The van der Waals surface area contributed by atoms with Crippen molar-refractivity contribution in [3.05, 3.63) is 223 Å². The summed E-state index contributed by atoms with van der Waals surface area (Å²) < 4.78 is 2.26. The molecule has 302 valence electrons. The van der Waals surface area contributed by atoms with Gasteiger partial charge in [0.05, 0.1) is 40.8 Å². The quantitative estimate of drug-likeness (QED) is 0.141. The standard InChI is InChI=1S/C57H34N8/c1-59-44-28-30-45(43(32-44)36-58)41-26-29-47-46-24-14-15-25-51(46)65(53(47)34-41)52-31-27-42(50-35-49(37-16-6-2-7-17-37)60-54(61-50)38-18-8-3-9-19-38)33-48(52)57-63-55(39-20-10-4-11-21-39)62-56(64-57)40-22-12-5-13-23-40/h2-35H. The minimum absolute atomic E-state index is 0.419. The average Bonchev–Trinajstić information content (AvgIpc) is 3.72. The second kappa shape index (κ2) is 16.5. The Bertz CT molecular complexity index is 3550. The first-order chi connectivity index (χ1) is 32.1. The molecule has 11 aromatic rings. The molecule has 8 aromatic carbocycles. The molecule has 0 unspecified atom stereocenters. The van der Waals surface area contributed by atoms with E-state index in [1.807, 2.05) is 133 Å². The van der Waals surface area contributed by atoms with Gasteiger partial charge in [-0.05, 0) is 47.5 Å². The normalized spacial score (nSPS) is 11.0. The van der Waals surface area contributed by atoms with Crippen LogP contribution in [-0.2, 0) is 0 Å². The maximum Gasteiger partial charge on any atom is 0.188 e. The van der Waals surface area contributed by atoms with E-state index in [0.29, 0.717) is 34.5 Å². The van der Waals surface area contributed by atoms with E-state index >= 15 is 0 Å². The second-order valence-corrected chi connectivity index (χ2v) is 15.5. The van der Waals surface area contributed by atoms with Crippen LogP contribution in [0.5, 0.6) is 0 Å². The van der Waals surface area contributed by atoms with Gasteiger partial charge in [0.2, 0.25) is 0 Å². The fourth-order valence-corrected chi connectivity index (χ4v) is 8.41. The lowest BCUT2D eigenvalue weighted by atomic mass is 9.98. The topological polar surface area (TPSA) is 97.5 Å². The maximum atomic E-state index is 10.2. The van der Waals surface area contributed by atoms with Crippen LogP contribution in [0.3, 0.4) is 0 Å². The van der Waals surface area contributed by atoms with E-state index in [4.69, 9.17) is 31.5 Å². The molecule has 11 rings (SSSR count). The average molecular weight is 831 g/mol. The molecular weight excluding hydrogens is 797 g/mol. The summed E-state index contributed by atoms with van der Waals surface area (Å²) in [4.78, 5) is 29.4. The van der Waals surface area contributed by atoms with Crippen LogP contribution in [0, 0.1) is 17.9 Å². The number of aromatic nitrogens is 6. The van der Waals surface area contributed by atoms with Crippen LogP contribution in [0.25, 0.3) is 112 Å². The Kier molecular flexibility index (Phi) is 9.78. The fourth-order valence-electron chi connectivity index (χ4n) is 8.41. The molecule has 0 spiro atoms. The zero-order valence-corrected chi connectivity index (χ0v) is 34.7. The first kappa shape index (κ1) is 38.5. The Morgan fingerprint density at radius 1 is 0.400 bits per heavy atom. The highest BCUT2D eigenvalue weighted by Crippen LogP contribution is 2.40. The van der Waals surface area contributed by atoms with Crippen molar-refractivity contribution in [1.29, 1.82) is 5.26 Å². The summed E-state index contributed by atoms with van der Waals surface area (Å²) in [6.07, 6.45) is 0. The zero-order valence-electron chi connectivity index (χ0n) is 34.7.